The third-order valence-corrected chi connectivity index (χ3v) is 5.88. The molecule has 0 unspecified atom stereocenters. The topological polar surface area (TPSA) is 20.3 Å². The lowest BCUT2D eigenvalue weighted by Gasteiger charge is -2.15. The molecule has 2 aromatic rings. The van der Waals surface area contributed by atoms with Gasteiger partial charge in [-0.15, -0.1) is 0 Å². The van der Waals surface area contributed by atoms with E-state index < -0.39 is 0 Å². The highest BCUT2D eigenvalue weighted by Gasteiger charge is 2.33. The number of rotatable bonds is 2. The maximum Gasteiger partial charge on any atom is 0.270 e. The summed E-state index contributed by atoms with van der Waals surface area (Å²) < 4.78 is 1.62. The fourth-order valence-electron chi connectivity index (χ4n) is 2.02. The summed E-state index contributed by atoms with van der Waals surface area (Å²) in [6, 6.07) is 12.9. The van der Waals surface area contributed by atoms with E-state index in [4.69, 9.17) is 35.4 Å². The molecule has 1 aliphatic heterocycles. The highest BCUT2D eigenvalue weighted by atomic mass is 127. The quantitative estimate of drug-likeness (QED) is 0.291. The molecular formula is C16H8Cl2INOS2. The van der Waals surface area contributed by atoms with Gasteiger partial charge in [0.1, 0.15) is 0 Å². The van der Waals surface area contributed by atoms with Gasteiger partial charge in [0, 0.05) is 3.57 Å². The number of hydrogen-bond acceptors (Lipinski definition) is 3. The van der Waals surface area contributed by atoms with E-state index in [9.17, 15) is 4.79 Å². The van der Waals surface area contributed by atoms with Crippen molar-refractivity contribution in [3.63, 3.8) is 0 Å². The van der Waals surface area contributed by atoms with Crippen molar-refractivity contribution in [1.29, 1.82) is 0 Å². The average Bonchev–Trinajstić information content (AvgIpc) is 2.79. The number of halogens is 3. The van der Waals surface area contributed by atoms with Crippen molar-refractivity contribution < 1.29 is 4.79 Å². The number of thiocarbonyl (C=S) groups is 1. The Morgan fingerprint density at radius 2 is 1.78 bits per heavy atom. The van der Waals surface area contributed by atoms with E-state index in [0.29, 0.717) is 25.0 Å². The van der Waals surface area contributed by atoms with Crippen LogP contribution in [0.15, 0.2) is 47.4 Å². The molecule has 0 atom stereocenters. The van der Waals surface area contributed by atoms with Crippen molar-refractivity contribution in [2.24, 2.45) is 0 Å². The fourth-order valence-corrected chi connectivity index (χ4v) is 3.98. The zero-order chi connectivity index (χ0) is 16.6. The lowest BCUT2D eigenvalue weighted by atomic mass is 10.2. The smallest absolute Gasteiger partial charge is 0.268 e. The summed E-state index contributed by atoms with van der Waals surface area (Å²) in [6.07, 6.45) is 1.84. The molecule has 1 saturated heterocycles. The van der Waals surface area contributed by atoms with Crippen molar-refractivity contribution in [3.8, 4) is 0 Å². The molecule has 23 heavy (non-hydrogen) atoms. The molecule has 0 bridgehead atoms. The predicted molar refractivity (Wildman–Crippen MR) is 111 cm³/mol. The number of amides is 1. The van der Waals surface area contributed by atoms with Crippen LogP contribution in [0.25, 0.3) is 6.08 Å². The predicted octanol–water partition coefficient (Wildman–Crippen LogP) is 6.00. The molecule has 1 fully saturated rings. The lowest BCUT2D eigenvalue weighted by Crippen LogP contribution is -2.27. The van der Waals surface area contributed by atoms with Crippen LogP contribution in [0.1, 0.15) is 5.56 Å². The van der Waals surface area contributed by atoms with Crippen molar-refractivity contribution in [1.82, 2.24) is 0 Å². The highest BCUT2D eigenvalue weighted by Crippen LogP contribution is 2.37. The first-order valence-electron chi connectivity index (χ1n) is 6.44. The molecule has 0 aliphatic carbocycles. The standard InChI is InChI=1S/C16H8Cl2INOS2/c17-12-6-5-11(8-13(12)18)20-15(21)14(23-16(20)22)7-9-1-3-10(19)4-2-9/h1-8H/b14-7+. The molecule has 1 aliphatic rings. The molecule has 116 valence electrons. The van der Waals surface area contributed by atoms with Crippen LogP contribution in [0, 0.1) is 3.57 Å². The van der Waals surface area contributed by atoms with E-state index >= 15 is 0 Å². The van der Waals surface area contributed by atoms with E-state index in [-0.39, 0.29) is 5.91 Å². The number of anilines is 1. The van der Waals surface area contributed by atoms with Crippen LogP contribution in [0.2, 0.25) is 10.0 Å². The van der Waals surface area contributed by atoms with Gasteiger partial charge >= 0.3 is 0 Å². The minimum absolute atomic E-state index is 0.156. The summed E-state index contributed by atoms with van der Waals surface area (Å²) >= 11 is 20.8. The number of carbonyl (C=O) groups is 1. The molecule has 0 spiro atoms. The third kappa shape index (κ3) is 3.74. The largest absolute Gasteiger partial charge is 0.270 e. The maximum atomic E-state index is 12.7. The molecule has 0 aromatic heterocycles. The summed E-state index contributed by atoms with van der Waals surface area (Å²) in [5, 5.41) is 0.829. The van der Waals surface area contributed by atoms with Crippen LogP contribution < -0.4 is 4.90 Å². The van der Waals surface area contributed by atoms with Crippen LogP contribution >= 0.6 is 69.8 Å². The fraction of sp³-hybridized carbons (Fsp3) is 0. The van der Waals surface area contributed by atoms with Crippen LogP contribution in [0.5, 0.6) is 0 Å². The molecular weight excluding hydrogens is 484 g/mol. The molecule has 1 amide bonds. The lowest BCUT2D eigenvalue weighted by molar-refractivity contribution is -0.113. The van der Waals surface area contributed by atoms with Crippen LogP contribution in [-0.4, -0.2) is 10.2 Å². The van der Waals surface area contributed by atoms with Gasteiger partial charge in [-0.05, 0) is 64.6 Å². The molecule has 2 nitrogen and oxygen atoms in total. The molecule has 0 N–H and O–H groups in total. The minimum atomic E-state index is -0.156. The van der Waals surface area contributed by atoms with E-state index in [2.05, 4.69) is 22.6 Å². The van der Waals surface area contributed by atoms with Crippen molar-refractivity contribution in [3.05, 3.63) is 66.5 Å². The molecule has 7 heteroatoms. The second-order valence-electron chi connectivity index (χ2n) is 4.67. The van der Waals surface area contributed by atoms with Gasteiger partial charge in [0.05, 0.1) is 20.6 Å². The van der Waals surface area contributed by atoms with Gasteiger partial charge < -0.3 is 0 Å². The van der Waals surface area contributed by atoms with Crippen LogP contribution in [0.4, 0.5) is 5.69 Å². The Morgan fingerprint density at radius 1 is 1.09 bits per heavy atom. The summed E-state index contributed by atoms with van der Waals surface area (Å²) in [4.78, 5) is 14.7. The first-order valence-corrected chi connectivity index (χ1v) is 9.50. The number of benzene rings is 2. The first-order chi connectivity index (χ1) is 11.0. The van der Waals surface area contributed by atoms with Crippen molar-refractivity contribution >= 4 is 91.8 Å². The second kappa shape index (κ2) is 7.11. The normalized spacial score (nSPS) is 16.5. The second-order valence-corrected chi connectivity index (χ2v) is 8.40. The van der Waals surface area contributed by atoms with Gasteiger partial charge in [-0.25, -0.2) is 0 Å². The minimum Gasteiger partial charge on any atom is -0.268 e. The molecule has 3 rings (SSSR count). The Hall–Kier alpha value is -0.600. The summed E-state index contributed by atoms with van der Waals surface area (Å²) in [6.45, 7) is 0. The molecule has 1 heterocycles. The maximum absolute atomic E-state index is 12.7. The number of carbonyl (C=O) groups excluding carboxylic acids is 1. The van der Waals surface area contributed by atoms with Gasteiger partial charge in [-0.3, -0.25) is 9.69 Å². The molecule has 0 saturated carbocycles. The molecule has 0 radical (unpaired) electrons. The van der Waals surface area contributed by atoms with Gasteiger partial charge in [-0.1, -0.05) is 59.3 Å². The van der Waals surface area contributed by atoms with Crippen molar-refractivity contribution in [2.45, 2.75) is 0 Å². The zero-order valence-electron chi connectivity index (χ0n) is 11.4. The zero-order valence-corrected chi connectivity index (χ0v) is 16.7. The van der Waals surface area contributed by atoms with Crippen LogP contribution in [-0.2, 0) is 4.79 Å². The summed E-state index contributed by atoms with van der Waals surface area (Å²) in [5.74, 6) is -0.156. The van der Waals surface area contributed by atoms with Gasteiger partial charge in [0.15, 0.2) is 4.32 Å². The Labute approximate surface area is 167 Å². The average molecular weight is 492 g/mol. The molecule has 2 aromatic carbocycles. The Morgan fingerprint density at radius 3 is 2.43 bits per heavy atom. The van der Waals surface area contributed by atoms with E-state index in [1.165, 1.54) is 16.7 Å². The van der Waals surface area contributed by atoms with Crippen LogP contribution in [0.3, 0.4) is 0 Å². The number of hydrogen-bond donors (Lipinski definition) is 0. The Balaban J connectivity index is 1.93. The Kier molecular flexibility index (Phi) is 5.32. The summed E-state index contributed by atoms with van der Waals surface area (Å²) in [7, 11) is 0. The van der Waals surface area contributed by atoms with Crippen molar-refractivity contribution in [2.75, 3.05) is 4.90 Å². The number of nitrogens with zero attached hydrogens (tertiary/aromatic N) is 1. The monoisotopic (exact) mass is 491 g/mol. The van der Waals surface area contributed by atoms with E-state index in [0.717, 1.165) is 9.13 Å². The van der Waals surface area contributed by atoms with Gasteiger partial charge in [0.2, 0.25) is 0 Å². The van der Waals surface area contributed by atoms with E-state index in [1.54, 1.807) is 18.2 Å². The Bertz CT molecular complexity index is 836. The third-order valence-electron chi connectivity index (χ3n) is 3.12. The first kappa shape index (κ1) is 17.2. The highest BCUT2D eigenvalue weighted by molar-refractivity contribution is 14.1. The SMILES string of the molecule is O=C1/C(=C\c2ccc(I)cc2)SC(=S)N1c1ccc(Cl)c(Cl)c1. The number of thioether (sulfide) groups is 1. The summed E-state index contributed by atoms with van der Waals surface area (Å²) in [5.41, 5.74) is 1.58. The van der Waals surface area contributed by atoms with Gasteiger partial charge in [-0.2, -0.15) is 0 Å². The van der Waals surface area contributed by atoms with E-state index in [1.807, 2.05) is 30.3 Å². The van der Waals surface area contributed by atoms with Gasteiger partial charge in [0.25, 0.3) is 5.91 Å².